The molecule has 0 bridgehead atoms. The number of nitrogens with one attached hydrogen (secondary N) is 2. The molecule has 222 valence electrons. The number of ether oxygens (including phenoxy) is 2. The molecule has 2 aromatic carbocycles. The van der Waals surface area contributed by atoms with E-state index in [1.807, 2.05) is 74.5 Å². The summed E-state index contributed by atoms with van der Waals surface area (Å²) in [7, 11) is 0. The van der Waals surface area contributed by atoms with Gasteiger partial charge in [0.05, 0.1) is 22.5 Å². The van der Waals surface area contributed by atoms with Gasteiger partial charge < -0.3 is 24.3 Å². The van der Waals surface area contributed by atoms with Crippen molar-refractivity contribution in [2.24, 2.45) is 0 Å². The zero-order valence-electron chi connectivity index (χ0n) is 23.5. The summed E-state index contributed by atoms with van der Waals surface area (Å²) >= 11 is 1.38. The van der Waals surface area contributed by atoms with E-state index in [4.69, 9.17) is 13.9 Å². The number of thiazole rings is 1. The molecule has 11 nitrogen and oxygen atoms in total. The van der Waals surface area contributed by atoms with E-state index in [-0.39, 0.29) is 32.2 Å². The number of hydrogen-bond acceptors (Lipinski definition) is 10. The molecule has 42 heavy (non-hydrogen) atoms. The third kappa shape index (κ3) is 9.98. The summed E-state index contributed by atoms with van der Waals surface area (Å²) in [4.78, 5) is 34.6. The number of aliphatic hydroxyl groups is 1. The highest BCUT2D eigenvalue weighted by Gasteiger charge is 2.26. The first-order valence-corrected chi connectivity index (χ1v) is 14.4. The number of alkyl carbamates (subject to hydrolysis) is 1. The summed E-state index contributed by atoms with van der Waals surface area (Å²) in [6.07, 6.45) is 0.955. The quantitative estimate of drug-likeness (QED) is 0.176. The van der Waals surface area contributed by atoms with Gasteiger partial charge in [0.25, 0.3) is 0 Å². The summed E-state index contributed by atoms with van der Waals surface area (Å²) in [6, 6.07) is 18.3. The van der Waals surface area contributed by atoms with Crippen LogP contribution in [0.2, 0.25) is 0 Å². The van der Waals surface area contributed by atoms with Crippen molar-refractivity contribution in [3.63, 3.8) is 0 Å². The van der Waals surface area contributed by atoms with Gasteiger partial charge in [-0.2, -0.15) is 0 Å². The lowest BCUT2D eigenvalue weighted by atomic mass is 10.0. The molecular formula is C30H35N5O6S. The molecule has 2 atom stereocenters. The third-order valence-electron chi connectivity index (χ3n) is 6.18. The molecule has 0 saturated heterocycles. The van der Waals surface area contributed by atoms with Crippen LogP contribution >= 0.6 is 11.3 Å². The van der Waals surface area contributed by atoms with Crippen LogP contribution in [0.5, 0.6) is 0 Å². The zero-order chi connectivity index (χ0) is 29.7. The number of rotatable bonds is 14. The molecule has 0 aliphatic rings. The van der Waals surface area contributed by atoms with Gasteiger partial charge in [-0.25, -0.2) is 19.6 Å². The molecule has 0 saturated carbocycles. The van der Waals surface area contributed by atoms with Crippen LogP contribution in [-0.4, -0.2) is 51.0 Å². The summed E-state index contributed by atoms with van der Waals surface area (Å²) in [6.45, 7) is 4.17. The van der Waals surface area contributed by atoms with E-state index >= 15 is 0 Å². The Labute approximate surface area is 248 Å². The SMILES string of the molecule is CC(C)c1nc(COC(=O)NN(Cc2ccccc2)C[C@H](O)[C@H](Cc2ccccc2)NC(=O)OCc2cncs2)co1. The van der Waals surface area contributed by atoms with Crippen LogP contribution in [0.3, 0.4) is 0 Å². The van der Waals surface area contributed by atoms with Crippen molar-refractivity contribution in [3.8, 4) is 0 Å². The van der Waals surface area contributed by atoms with Crippen LogP contribution in [0.1, 0.15) is 47.4 Å². The fourth-order valence-electron chi connectivity index (χ4n) is 4.06. The minimum atomic E-state index is -1.09. The van der Waals surface area contributed by atoms with Gasteiger partial charge in [-0.3, -0.25) is 10.4 Å². The normalized spacial score (nSPS) is 12.6. The fraction of sp³-hybridized carbons (Fsp3) is 0.333. The topological polar surface area (TPSA) is 139 Å². The van der Waals surface area contributed by atoms with Crippen molar-refractivity contribution >= 4 is 23.5 Å². The van der Waals surface area contributed by atoms with Gasteiger partial charge in [-0.1, -0.05) is 74.5 Å². The first-order chi connectivity index (χ1) is 20.4. The molecular weight excluding hydrogens is 558 g/mol. The number of nitrogens with zero attached hydrogens (tertiary/aromatic N) is 3. The molecule has 3 N–H and O–H groups in total. The monoisotopic (exact) mass is 593 g/mol. The molecule has 0 fully saturated rings. The second kappa shape index (κ2) is 15.7. The van der Waals surface area contributed by atoms with E-state index in [9.17, 15) is 14.7 Å². The van der Waals surface area contributed by atoms with E-state index < -0.39 is 24.3 Å². The van der Waals surface area contributed by atoms with Gasteiger partial charge >= 0.3 is 12.2 Å². The molecule has 2 amide bonds. The smallest absolute Gasteiger partial charge is 0.422 e. The number of hydrazine groups is 1. The highest BCUT2D eigenvalue weighted by Crippen LogP contribution is 2.14. The lowest BCUT2D eigenvalue weighted by molar-refractivity contribution is 0.0402. The molecule has 0 radical (unpaired) electrons. The Bertz CT molecular complexity index is 1370. The van der Waals surface area contributed by atoms with Crippen molar-refractivity contribution in [2.45, 2.75) is 58.1 Å². The lowest BCUT2D eigenvalue weighted by Crippen LogP contribution is -2.53. The molecule has 2 heterocycles. The highest BCUT2D eigenvalue weighted by molar-refractivity contribution is 7.09. The van der Waals surface area contributed by atoms with Gasteiger partial charge in [-0.05, 0) is 17.5 Å². The van der Waals surface area contributed by atoms with Gasteiger partial charge in [0.2, 0.25) is 0 Å². The van der Waals surface area contributed by atoms with Crippen LogP contribution in [0.25, 0.3) is 0 Å². The number of carbonyl (C=O) groups excluding carboxylic acids is 2. The van der Waals surface area contributed by atoms with Crippen molar-refractivity contribution in [3.05, 3.63) is 106 Å². The Hall–Kier alpha value is -4.26. The van der Waals surface area contributed by atoms with Crippen molar-refractivity contribution in [1.82, 2.24) is 25.7 Å². The third-order valence-corrected chi connectivity index (χ3v) is 6.94. The van der Waals surface area contributed by atoms with Gasteiger partial charge in [0.1, 0.15) is 25.2 Å². The first kappa shape index (κ1) is 30.7. The molecule has 12 heteroatoms. The van der Waals surface area contributed by atoms with Crippen LogP contribution < -0.4 is 10.7 Å². The Morgan fingerprint density at radius 3 is 2.33 bits per heavy atom. The van der Waals surface area contributed by atoms with Crippen molar-refractivity contribution < 1.29 is 28.6 Å². The van der Waals surface area contributed by atoms with E-state index in [0.717, 1.165) is 16.0 Å². The predicted octanol–water partition coefficient (Wildman–Crippen LogP) is 4.80. The molecule has 0 aliphatic carbocycles. The molecule has 2 aromatic heterocycles. The van der Waals surface area contributed by atoms with Crippen LogP contribution in [-0.2, 0) is 35.7 Å². The minimum Gasteiger partial charge on any atom is -0.448 e. The molecule has 4 aromatic rings. The Balaban J connectivity index is 1.42. The van der Waals surface area contributed by atoms with E-state index in [1.165, 1.54) is 17.6 Å². The summed E-state index contributed by atoms with van der Waals surface area (Å²) in [5, 5.41) is 15.7. The first-order valence-electron chi connectivity index (χ1n) is 13.5. The molecule has 0 aliphatic heterocycles. The van der Waals surface area contributed by atoms with E-state index in [1.54, 1.807) is 16.7 Å². The average Bonchev–Trinajstić information content (AvgIpc) is 3.68. The largest absolute Gasteiger partial charge is 0.448 e. The van der Waals surface area contributed by atoms with E-state index in [2.05, 4.69) is 20.7 Å². The number of aliphatic hydroxyl groups excluding tert-OH is 1. The van der Waals surface area contributed by atoms with Crippen molar-refractivity contribution in [2.75, 3.05) is 6.54 Å². The van der Waals surface area contributed by atoms with Crippen LogP contribution in [0.15, 0.2) is 83.1 Å². The highest BCUT2D eigenvalue weighted by atomic mass is 32.1. The summed E-state index contributed by atoms with van der Waals surface area (Å²) in [5.41, 5.74) is 6.69. The second-order valence-corrected chi connectivity index (χ2v) is 10.9. The van der Waals surface area contributed by atoms with Crippen LogP contribution in [0.4, 0.5) is 9.59 Å². The second-order valence-electron chi connectivity index (χ2n) is 9.94. The number of amides is 2. The standard InChI is InChI=1S/C30H35N5O6S/c1-21(2)28-32-24(17-39-28)18-40-30(38)34-35(15-23-11-7-4-8-12-23)16-27(36)26(13-22-9-5-3-6-10-22)33-29(37)41-19-25-14-31-20-42-25/h3-12,14,17,20-21,26-27,36H,13,15-16,18-19H2,1-2H3,(H,33,37)(H,34,38)/t26-,27-/m0/s1. The number of benzene rings is 2. The molecule has 0 spiro atoms. The maximum absolute atomic E-state index is 12.8. The molecule has 4 rings (SSSR count). The number of hydrogen-bond donors (Lipinski definition) is 3. The maximum Gasteiger partial charge on any atom is 0.422 e. The predicted molar refractivity (Wildman–Crippen MR) is 156 cm³/mol. The van der Waals surface area contributed by atoms with Crippen molar-refractivity contribution in [1.29, 1.82) is 0 Å². The Kier molecular flexibility index (Phi) is 11.4. The maximum atomic E-state index is 12.8. The number of carbonyl (C=O) groups is 2. The Morgan fingerprint density at radius 2 is 1.69 bits per heavy atom. The zero-order valence-corrected chi connectivity index (χ0v) is 24.3. The van der Waals surface area contributed by atoms with Gasteiger partial charge in [0.15, 0.2) is 5.89 Å². The fourth-order valence-corrected chi connectivity index (χ4v) is 4.56. The summed E-state index contributed by atoms with van der Waals surface area (Å²) in [5.74, 6) is 0.670. The van der Waals surface area contributed by atoms with Crippen LogP contribution in [0, 0.1) is 0 Å². The minimum absolute atomic E-state index is 0.0158. The molecule has 0 unspecified atom stereocenters. The number of aromatic nitrogens is 2. The van der Waals surface area contributed by atoms with E-state index in [0.29, 0.717) is 18.0 Å². The Morgan fingerprint density at radius 1 is 1.00 bits per heavy atom. The summed E-state index contributed by atoms with van der Waals surface area (Å²) < 4.78 is 16.1. The number of oxazole rings is 1. The van der Waals surface area contributed by atoms with Gasteiger partial charge in [0, 0.05) is 25.2 Å². The average molecular weight is 594 g/mol. The lowest BCUT2D eigenvalue weighted by Gasteiger charge is -2.30. The van der Waals surface area contributed by atoms with Gasteiger partial charge in [-0.15, -0.1) is 11.3 Å².